The molecule has 23 heavy (non-hydrogen) atoms. The zero-order chi connectivity index (χ0) is 17.5. The van der Waals surface area contributed by atoms with E-state index >= 15 is 0 Å². The van der Waals surface area contributed by atoms with Crippen molar-refractivity contribution in [2.45, 2.75) is 59.1 Å². The molecule has 1 aromatic carbocycles. The van der Waals surface area contributed by atoms with E-state index in [0.29, 0.717) is 19.4 Å². The first kappa shape index (κ1) is 19.0. The molecule has 0 saturated carbocycles. The molecule has 0 aliphatic rings. The molecule has 0 aliphatic carbocycles. The van der Waals surface area contributed by atoms with Crippen LogP contribution in [0.3, 0.4) is 0 Å². The number of carbonyl (C=O) groups is 2. The average Bonchev–Trinajstić information content (AvgIpc) is 2.44. The fourth-order valence-corrected chi connectivity index (χ4v) is 2.02. The maximum Gasteiger partial charge on any atom is 0.408 e. The fraction of sp³-hybridized carbons (Fsp3) is 0.556. The van der Waals surface area contributed by atoms with Crippen LogP contribution in [0.4, 0.5) is 4.79 Å². The third-order valence-electron chi connectivity index (χ3n) is 3.14. The number of rotatable bonds is 6. The van der Waals surface area contributed by atoms with Crippen LogP contribution < -0.4 is 5.32 Å². The summed E-state index contributed by atoms with van der Waals surface area (Å²) >= 11 is 0. The summed E-state index contributed by atoms with van der Waals surface area (Å²) in [6.07, 6.45) is 0.586. The molecule has 0 spiro atoms. The van der Waals surface area contributed by atoms with Gasteiger partial charge in [0.25, 0.3) is 0 Å². The van der Waals surface area contributed by atoms with Crippen molar-refractivity contribution in [3.05, 3.63) is 35.4 Å². The van der Waals surface area contributed by atoms with E-state index in [0.717, 1.165) is 11.1 Å². The maximum atomic E-state index is 11.8. The molecule has 0 saturated heterocycles. The molecule has 0 aromatic heterocycles. The van der Waals surface area contributed by atoms with Crippen molar-refractivity contribution < 1.29 is 19.1 Å². The SMILES string of the molecule is CCOC(=O)CCc1ccc([C@H](C)NC(=O)OC(C)(C)C)cc1. The first-order chi connectivity index (χ1) is 10.7. The molecule has 0 aliphatic heterocycles. The van der Waals surface area contributed by atoms with Gasteiger partial charge < -0.3 is 14.8 Å². The van der Waals surface area contributed by atoms with E-state index in [-0.39, 0.29) is 12.0 Å². The van der Waals surface area contributed by atoms with E-state index < -0.39 is 11.7 Å². The molecule has 1 rings (SSSR count). The van der Waals surface area contributed by atoms with Crippen molar-refractivity contribution in [2.24, 2.45) is 0 Å². The van der Waals surface area contributed by atoms with Gasteiger partial charge >= 0.3 is 12.1 Å². The van der Waals surface area contributed by atoms with Gasteiger partial charge in [-0.05, 0) is 52.2 Å². The zero-order valence-corrected chi connectivity index (χ0v) is 14.6. The Kier molecular flexibility index (Phi) is 7.07. The van der Waals surface area contributed by atoms with Crippen LogP contribution in [0.5, 0.6) is 0 Å². The molecule has 1 aromatic rings. The van der Waals surface area contributed by atoms with Gasteiger partial charge in [-0.25, -0.2) is 4.79 Å². The van der Waals surface area contributed by atoms with Crippen LogP contribution in [0.1, 0.15) is 58.2 Å². The number of esters is 1. The predicted molar refractivity (Wildman–Crippen MR) is 89.2 cm³/mol. The van der Waals surface area contributed by atoms with Gasteiger partial charge in [-0.2, -0.15) is 0 Å². The second kappa shape index (κ2) is 8.56. The number of hydrogen-bond acceptors (Lipinski definition) is 4. The van der Waals surface area contributed by atoms with Gasteiger partial charge in [-0.1, -0.05) is 24.3 Å². The molecular formula is C18H27NO4. The lowest BCUT2D eigenvalue weighted by Crippen LogP contribution is -2.34. The number of hydrogen-bond donors (Lipinski definition) is 1. The summed E-state index contributed by atoms with van der Waals surface area (Å²) in [5.41, 5.74) is 1.53. The Bertz CT molecular complexity index is 517. The van der Waals surface area contributed by atoms with E-state index in [1.165, 1.54) is 0 Å². The molecule has 0 heterocycles. The number of alkyl carbamates (subject to hydrolysis) is 1. The lowest BCUT2D eigenvalue weighted by Gasteiger charge is -2.22. The van der Waals surface area contributed by atoms with E-state index in [2.05, 4.69) is 5.32 Å². The predicted octanol–water partition coefficient (Wildman–Crippen LogP) is 3.77. The minimum atomic E-state index is -0.513. The standard InChI is InChI=1S/C18H27NO4/c1-6-22-16(20)12-9-14-7-10-15(11-8-14)13(2)19-17(21)23-18(3,4)5/h7-8,10-11,13H,6,9,12H2,1-5H3,(H,19,21)/t13-/m0/s1. The third kappa shape index (κ3) is 7.68. The maximum absolute atomic E-state index is 11.8. The quantitative estimate of drug-likeness (QED) is 0.810. The third-order valence-corrected chi connectivity index (χ3v) is 3.14. The summed E-state index contributed by atoms with van der Waals surface area (Å²) in [5.74, 6) is -0.184. The molecule has 0 fully saturated rings. The first-order valence-electron chi connectivity index (χ1n) is 7.95. The summed E-state index contributed by atoms with van der Waals surface area (Å²) in [5, 5.41) is 2.80. The van der Waals surface area contributed by atoms with Crippen molar-refractivity contribution in [3.63, 3.8) is 0 Å². The minimum Gasteiger partial charge on any atom is -0.466 e. The van der Waals surface area contributed by atoms with E-state index in [4.69, 9.17) is 9.47 Å². The molecule has 0 bridgehead atoms. The summed E-state index contributed by atoms with van der Waals surface area (Å²) in [6.45, 7) is 9.59. The van der Waals surface area contributed by atoms with Crippen LogP contribution in [-0.2, 0) is 20.7 Å². The lowest BCUT2D eigenvalue weighted by molar-refractivity contribution is -0.143. The second-order valence-corrected chi connectivity index (χ2v) is 6.41. The van der Waals surface area contributed by atoms with E-state index in [9.17, 15) is 9.59 Å². The second-order valence-electron chi connectivity index (χ2n) is 6.41. The van der Waals surface area contributed by atoms with Gasteiger partial charge in [0.05, 0.1) is 12.6 Å². The largest absolute Gasteiger partial charge is 0.466 e. The van der Waals surface area contributed by atoms with Gasteiger partial charge in [-0.3, -0.25) is 4.79 Å². The Morgan fingerprint density at radius 1 is 1.17 bits per heavy atom. The minimum absolute atomic E-state index is 0.149. The van der Waals surface area contributed by atoms with Crippen molar-refractivity contribution in [1.29, 1.82) is 0 Å². The topological polar surface area (TPSA) is 64.6 Å². The molecule has 0 radical (unpaired) electrons. The smallest absolute Gasteiger partial charge is 0.408 e. The highest BCUT2D eigenvalue weighted by atomic mass is 16.6. The van der Waals surface area contributed by atoms with Gasteiger partial charge in [0, 0.05) is 6.42 Å². The van der Waals surface area contributed by atoms with Crippen LogP contribution >= 0.6 is 0 Å². The molecule has 1 N–H and O–H groups in total. The van der Waals surface area contributed by atoms with Gasteiger partial charge in [0.2, 0.25) is 0 Å². The Balaban J connectivity index is 2.52. The van der Waals surface area contributed by atoms with Gasteiger partial charge in [0.1, 0.15) is 5.60 Å². The van der Waals surface area contributed by atoms with Crippen LogP contribution in [0, 0.1) is 0 Å². The van der Waals surface area contributed by atoms with Crippen LogP contribution in [0.15, 0.2) is 24.3 Å². The Labute approximate surface area is 138 Å². The molecule has 0 unspecified atom stereocenters. The van der Waals surface area contributed by atoms with E-state index in [1.54, 1.807) is 6.92 Å². The Morgan fingerprint density at radius 3 is 2.30 bits per heavy atom. The van der Waals surface area contributed by atoms with Crippen molar-refractivity contribution in [1.82, 2.24) is 5.32 Å². The number of nitrogens with one attached hydrogen (secondary N) is 1. The molecular weight excluding hydrogens is 294 g/mol. The number of ether oxygens (including phenoxy) is 2. The van der Waals surface area contributed by atoms with Crippen molar-refractivity contribution in [2.75, 3.05) is 6.61 Å². The van der Waals surface area contributed by atoms with E-state index in [1.807, 2.05) is 52.0 Å². The van der Waals surface area contributed by atoms with Gasteiger partial charge in [-0.15, -0.1) is 0 Å². The number of amides is 1. The van der Waals surface area contributed by atoms with Crippen LogP contribution in [-0.4, -0.2) is 24.3 Å². The molecule has 5 nitrogen and oxygen atoms in total. The van der Waals surface area contributed by atoms with Gasteiger partial charge in [0.15, 0.2) is 0 Å². The number of benzene rings is 1. The zero-order valence-electron chi connectivity index (χ0n) is 14.6. The summed E-state index contributed by atoms with van der Waals surface area (Å²) in [4.78, 5) is 23.1. The first-order valence-corrected chi connectivity index (χ1v) is 7.95. The van der Waals surface area contributed by atoms with Crippen LogP contribution in [0.25, 0.3) is 0 Å². The normalized spacial score (nSPS) is 12.4. The summed E-state index contributed by atoms with van der Waals surface area (Å²) in [6, 6.07) is 7.67. The van der Waals surface area contributed by atoms with Crippen molar-refractivity contribution in [3.8, 4) is 0 Å². The van der Waals surface area contributed by atoms with Crippen LogP contribution in [0.2, 0.25) is 0 Å². The number of carbonyl (C=O) groups excluding carboxylic acids is 2. The van der Waals surface area contributed by atoms with Crippen molar-refractivity contribution >= 4 is 12.1 Å². The monoisotopic (exact) mass is 321 g/mol. The Morgan fingerprint density at radius 2 is 1.78 bits per heavy atom. The highest BCUT2D eigenvalue weighted by Crippen LogP contribution is 2.16. The molecule has 1 atom stereocenters. The highest BCUT2D eigenvalue weighted by molar-refractivity contribution is 5.69. The number of aryl methyl sites for hydroxylation is 1. The Hall–Kier alpha value is -2.04. The lowest BCUT2D eigenvalue weighted by atomic mass is 10.0. The summed E-state index contributed by atoms with van der Waals surface area (Å²) in [7, 11) is 0. The average molecular weight is 321 g/mol. The fourth-order valence-electron chi connectivity index (χ4n) is 2.02. The molecule has 1 amide bonds. The molecule has 128 valence electrons. The highest BCUT2D eigenvalue weighted by Gasteiger charge is 2.18. The summed E-state index contributed by atoms with van der Waals surface area (Å²) < 4.78 is 10.1. The molecule has 5 heteroatoms.